The molecular formula is C16H16FN. The summed E-state index contributed by atoms with van der Waals surface area (Å²) in [4.78, 5) is 0. The fourth-order valence-corrected chi connectivity index (χ4v) is 2.84. The molecule has 2 aromatic rings. The van der Waals surface area contributed by atoms with Gasteiger partial charge in [0.2, 0.25) is 0 Å². The average molecular weight is 241 g/mol. The van der Waals surface area contributed by atoms with E-state index in [0.29, 0.717) is 0 Å². The van der Waals surface area contributed by atoms with Crippen LogP contribution in [0.5, 0.6) is 0 Å². The largest absolute Gasteiger partial charge is 0.378 e. The summed E-state index contributed by atoms with van der Waals surface area (Å²) in [5.41, 5.74) is 5.20. The first kappa shape index (κ1) is 11.3. The van der Waals surface area contributed by atoms with Gasteiger partial charge in [0, 0.05) is 11.3 Å². The van der Waals surface area contributed by atoms with Gasteiger partial charge in [0.05, 0.1) is 6.04 Å². The smallest absolute Gasteiger partial charge is 0.129 e. The second-order valence-electron chi connectivity index (χ2n) is 5.04. The Morgan fingerprint density at radius 2 is 1.94 bits per heavy atom. The van der Waals surface area contributed by atoms with Crippen LogP contribution in [-0.2, 0) is 6.42 Å². The molecule has 0 aliphatic carbocycles. The second-order valence-corrected chi connectivity index (χ2v) is 5.04. The van der Waals surface area contributed by atoms with E-state index in [0.717, 1.165) is 28.8 Å². The van der Waals surface area contributed by atoms with Gasteiger partial charge < -0.3 is 5.32 Å². The number of hydrogen-bond donors (Lipinski definition) is 1. The van der Waals surface area contributed by atoms with Crippen LogP contribution in [0.3, 0.4) is 0 Å². The predicted molar refractivity (Wildman–Crippen MR) is 72.4 cm³/mol. The Morgan fingerprint density at radius 1 is 1.17 bits per heavy atom. The van der Waals surface area contributed by atoms with Gasteiger partial charge in [-0.25, -0.2) is 4.39 Å². The molecule has 1 nitrogen and oxygen atoms in total. The highest BCUT2D eigenvalue weighted by Gasteiger charge is 2.25. The number of rotatable bonds is 1. The summed E-state index contributed by atoms with van der Waals surface area (Å²) in [7, 11) is 0. The van der Waals surface area contributed by atoms with E-state index in [1.807, 2.05) is 32.0 Å². The van der Waals surface area contributed by atoms with Crippen molar-refractivity contribution in [1.29, 1.82) is 0 Å². The van der Waals surface area contributed by atoms with Gasteiger partial charge in [-0.2, -0.15) is 0 Å². The number of benzene rings is 2. The summed E-state index contributed by atoms with van der Waals surface area (Å²) in [5.74, 6) is -0.0993. The zero-order chi connectivity index (χ0) is 12.7. The maximum Gasteiger partial charge on any atom is 0.129 e. The van der Waals surface area contributed by atoms with Crippen LogP contribution in [0.2, 0.25) is 0 Å². The molecule has 1 atom stereocenters. The van der Waals surface area contributed by atoms with Crippen molar-refractivity contribution in [3.8, 4) is 0 Å². The lowest BCUT2D eigenvalue weighted by Crippen LogP contribution is -2.10. The van der Waals surface area contributed by atoms with Gasteiger partial charge >= 0.3 is 0 Å². The van der Waals surface area contributed by atoms with Crippen molar-refractivity contribution >= 4 is 5.69 Å². The Hall–Kier alpha value is -1.83. The van der Waals surface area contributed by atoms with Crippen molar-refractivity contribution in [3.05, 3.63) is 64.5 Å². The summed E-state index contributed by atoms with van der Waals surface area (Å²) >= 11 is 0. The molecular weight excluding hydrogens is 225 g/mol. The number of nitrogens with one attached hydrogen (secondary N) is 1. The van der Waals surface area contributed by atoms with E-state index in [-0.39, 0.29) is 11.9 Å². The van der Waals surface area contributed by atoms with E-state index < -0.39 is 0 Å². The molecule has 1 aliphatic heterocycles. The van der Waals surface area contributed by atoms with Crippen LogP contribution >= 0.6 is 0 Å². The number of hydrogen-bond acceptors (Lipinski definition) is 1. The molecule has 92 valence electrons. The minimum atomic E-state index is -0.0993. The topological polar surface area (TPSA) is 12.0 Å². The van der Waals surface area contributed by atoms with E-state index in [4.69, 9.17) is 0 Å². The molecule has 2 heteroatoms. The maximum absolute atomic E-state index is 14.1. The lowest BCUT2D eigenvalue weighted by atomic mass is 9.96. The van der Waals surface area contributed by atoms with Crippen molar-refractivity contribution in [2.24, 2.45) is 0 Å². The Morgan fingerprint density at radius 3 is 2.67 bits per heavy atom. The monoisotopic (exact) mass is 241 g/mol. The summed E-state index contributed by atoms with van der Waals surface area (Å²) in [6.07, 6.45) is 0.858. The first-order valence-electron chi connectivity index (χ1n) is 6.26. The van der Waals surface area contributed by atoms with Gasteiger partial charge in [0.25, 0.3) is 0 Å². The molecule has 1 unspecified atom stereocenters. The Labute approximate surface area is 107 Å². The van der Waals surface area contributed by atoms with Crippen molar-refractivity contribution in [1.82, 2.24) is 0 Å². The fraction of sp³-hybridized carbons (Fsp3) is 0.250. The van der Waals surface area contributed by atoms with Gasteiger partial charge in [0.1, 0.15) is 5.82 Å². The zero-order valence-electron chi connectivity index (χ0n) is 10.6. The molecule has 0 amide bonds. The average Bonchev–Trinajstić information content (AvgIpc) is 2.70. The third-order valence-electron chi connectivity index (χ3n) is 3.60. The van der Waals surface area contributed by atoms with Crippen LogP contribution in [0.25, 0.3) is 0 Å². The first-order valence-corrected chi connectivity index (χ1v) is 6.26. The maximum atomic E-state index is 14.1. The van der Waals surface area contributed by atoms with Crippen molar-refractivity contribution in [2.75, 3.05) is 5.32 Å². The Kier molecular flexibility index (Phi) is 2.58. The van der Waals surface area contributed by atoms with Gasteiger partial charge in [-0.3, -0.25) is 0 Å². The lowest BCUT2D eigenvalue weighted by molar-refractivity contribution is 0.592. The van der Waals surface area contributed by atoms with Crippen molar-refractivity contribution in [2.45, 2.75) is 26.3 Å². The number of fused-ring (bicyclic) bond motifs is 1. The van der Waals surface area contributed by atoms with Crippen LogP contribution in [-0.4, -0.2) is 0 Å². The van der Waals surface area contributed by atoms with E-state index in [1.165, 1.54) is 5.56 Å². The minimum Gasteiger partial charge on any atom is -0.378 e. The molecule has 0 spiro atoms. The van der Waals surface area contributed by atoms with Crippen LogP contribution in [0, 0.1) is 19.7 Å². The van der Waals surface area contributed by atoms with Gasteiger partial charge in [-0.05, 0) is 49.1 Å². The minimum absolute atomic E-state index is 0.0583. The summed E-state index contributed by atoms with van der Waals surface area (Å²) in [6, 6.07) is 11.9. The molecule has 0 saturated heterocycles. The third-order valence-corrected chi connectivity index (χ3v) is 3.60. The lowest BCUT2D eigenvalue weighted by Gasteiger charge is -2.16. The normalized spacial score (nSPS) is 17.4. The molecule has 0 saturated carbocycles. The molecule has 1 heterocycles. The summed E-state index contributed by atoms with van der Waals surface area (Å²) in [6.45, 7) is 3.91. The first-order chi connectivity index (χ1) is 8.65. The SMILES string of the molecule is Cc1cc(C)c(C2Cc3ccccc3N2)c(F)c1. The number of halogens is 1. The van der Waals surface area contributed by atoms with E-state index in [2.05, 4.69) is 17.4 Å². The van der Waals surface area contributed by atoms with E-state index in [1.54, 1.807) is 6.07 Å². The molecule has 18 heavy (non-hydrogen) atoms. The molecule has 0 radical (unpaired) electrons. The van der Waals surface area contributed by atoms with Crippen molar-refractivity contribution < 1.29 is 4.39 Å². The number of aryl methyl sites for hydroxylation is 2. The van der Waals surface area contributed by atoms with Crippen LogP contribution in [0.1, 0.15) is 28.3 Å². The second kappa shape index (κ2) is 4.13. The molecule has 0 fully saturated rings. The van der Waals surface area contributed by atoms with Gasteiger partial charge in [0.15, 0.2) is 0 Å². The highest BCUT2D eigenvalue weighted by Crippen LogP contribution is 2.36. The molecule has 1 aliphatic rings. The molecule has 0 bridgehead atoms. The van der Waals surface area contributed by atoms with E-state index >= 15 is 0 Å². The highest BCUT2D eigenvalue weighted by atomic mass is 19.1. The summed E-state index contributed by atoms with van der Waals surface area (Å²) < 4.78 is 14.1. The highest BCUT2D eigenvalue weighted by molar-refractivity contribution is 5.58. The van der Waals surface area contributed by atoms with Crippen LogP contribution < -0.4 is 5.32 Å². The Balaban J connectivity index is 2.00. The van der Waals surface area contributed by atoms with Crippen molar-refractivity contribution in [3.63, 3.8) is 0 Å². The molecule has 3 rings (SSSR count). The number of anilines is 1. The quantitative estimate of drug-likeness (QED) is 0.790. The van der Waals surface area contributed by atoms with E-state index in [9.17, 15) is 4.39 Å². The zero-order valence-corrected chi connectivity index (χ0v) is 10.6. The molecule has 2 aromatic carbocycles. The molecule has 1 N–H and O–H groups in total. The predicted octanol–water partition coefficient (Wildman–Crippen LogP) is 4.15. The standard InChI is InChI=1S/C16H16FN/c1-10-7-11(2)16(13(17)8-10)15-9-12-5-3-4-6-14(12)18-15/h3-8,15,18H,9H2,1-2H3. The fourth-order valence-electron chi connectivity index (χ4n) is 2.84. The summed E-state index contributed by atoms with van der Waals surface area (Å²) in [5, 5.41) is 3.41. The van der Waals surface area contributed by atoms with Crippen LogP contribution in [0.4, 0.5) is 10.1 Å². The molecule has 0 aromatic heterocycles. The van der Waals surface area contributed by atoms with Gasteiger partial charge in [-0.15, -0.1) is 0 Å². The van der Waals surface area contributed by atoms with Gasteiger partial charge in [-0.1, -0.05) is 24.3 Å². The number of para-hydroxylation sites is 1. The van der Waals surface area contributed by atoms with Crippen LogP contribution in [0.15, 0.2) is 36.4 Å². The Bertz CT molecular complexity index is 556. The third kappa shape index (κ3) is 1.78.